The van der Waals surface area contributed by atoms with Crippen molar-refractivity contribution in [1.29, 1.82) is 0 Å². The Hall–Kier alpha value is -2.41. The Morgan fingerprint density at radius 3 is 0.933 bits per heavy atom. The molecule has 0 radical (unpaired) electrons. The third-order valence-electron chi connectivity index (χ3n) is 7.92. The van der Waals surface area contributed by atoms with Gasteiger partial charge >= 0.3 is 32.3 Å². The number of rotatable bonds is 0. The zero-order valence-corrected chi connectivity index (χ0v) is 32.2. The maximum absolute atomic E-state index is 13.5. The topological polar surface area (TPSA) is 125 Å². The number of phenolic OH excluding ortho intramolecular Hbond substituents is 2. The van der Waals surface area contributed by atoms with Gasteiger partial charge in [0.2, 0.25) is 0 Å². The number of hydrogen-bond acceptors (Lipinski definition) is 8. The normalized spacial score (nSPS) is 14.8. The van der Waals surface area contributed by atoms with Crippen molar-refractivity contribution in [2.45, 2.75) is 118 Å². The van der Waals surface area contributed by atoms with Gasteiger partial charge in [0.25, 0.3) is 0 Å². The Morgan fingerprint density at radius 1 is 0.511 bits per heavy atom. The fourth-order valence-corrected chi connectivity index (χ4v) is 5.04. The molecule has 1 aliphatic rings. The number of phenols is 2. The van der Waals surface area contributed by atoms with E-state index in [9.17, 15) is 15.3 Å². The molecule has 9 heteroatoms. The van der Waals surface area contributed by atoms with Crippen LogP contribution < -0.4 is 5.11 Å². The van der Waals surface area contributed by atoms with E-state index in [2.05, 4.69) is 62.3 Å². The summed E-state index contributed by atoms with van der Waals surface area (Å²) in [5.41, 5.74) is 6.29. The van der Waals surface area contributed by atoms with Gasteiger partial charge in [-0.2, -0.15) is 0 Å². The van der Waals surface area contributed by atoms with Gasteiger partial charge in [0.05, 0.1) is 39.6 Å². The second-order valence-corrected chi connectivity index (χ2v) is 15.4. The van der Waals surface area contributed by atoms with Crippen molar-refractivity contribution in [3.05, 3.63) is 86.5 Å². The van der Waals surface area contributed by atoms with Crippen molar-refractivity contribution in [3.8, 4) is 17.2 Å². The molecule has 0 fully saturated rings. The molecule has 8 nitrogen and oxygen atoms in total. The summed E-state index contributed by atoms with van der Waals surface area (Å²) in [6, 6.07) is 11.7. The molecule has 0 saturated carbocycles. The first-order chi connectivity index (χ1) is 20.9. The SMILES string of the molecule is CC(C)(C)c1cc2c([O-])c(c1)COCc1cc(C(C)(C)C)cc(c1O)COCc1cc(C(C)(C)C)cc(c1O)COC2.[O]=[U]=[O]. The Morgan fingerprint density at radius 2 is 0.711 bits per heavy atom. The quantitative estimate of drug-likeness (QED) is 0.242. The molecule has 3 aromatic rings. The van der Waals surface area contributed by atoms with Crippen LogP contribution in [0.3, 0.4) is 0 Å². The van der Waals surface area contributed by atoms with Crippen LogP contribution >= 0.6 is 0 Å². The summed E-state index contributed by atoms with van der Waals surface area (Å²) in [4.78, 5) is 0. The van der Waals surface area contributed by atoms with Crippen molar-refractivity contribution >= 4 is 0 Å². The van der Waals surface area contributed by atoms with E-state index in [1.807, 2.05) is 36.4 Å². The predicted octanol–water partition coefficient (Wildman–Crippen LogP) is 7.29. The van der Waals surface area contributed by atoms with E-state index >= 15 is 0 Å². The number of benzene rings is 3. The van der Waals surface area contributed by atoms with Crippen LogP contribution in [0.15, 0.2) is 36.4 Å². The van der Waals surface area contributed by atoms with E-state index < -0.39 is 27.8 Å². The molecule has 6 bridgehead atoms. The molecular formula is C36H47O8U-. The third kappa shape index (κ3) is 9.79. The first-order valence-corrected chi connectivity index (χ1v) is 18.5. The Bertz CT molecular complexity index is 1280. The molecule has 244 valence electrons. The summed E-state index contributed by atoms with van der Waals surface area (Å²) < 4.78 is 35.4. The molecule has 4 rings (SSSR count). The van der Waals surface area contributed by atoms with Gasteiger partial charge in [-0.05, 0) is 68.3 Å². The van der Waals surface area contributed by atoms with Crippen LogP contribution in [0.2, 0.25) is 0 Å². The molecule has 0 unspecified atom stereocenters. The van der Waals surface area contributed by atoms with Crippen LogP contribution in [-0.2, 0) is 74.6 Å². The Kier molecular flexibility index (Phi) is 12.4. The van der Waals surface area contributed by atoms with E-state index in [4.69, 9.17) is 18.7 Å². The predicted molar refractivity (Wildman–Crippen MR) is 165 cm³/mol. The Labute approximate surface area is 282 Å². The van der Waals surface area contributed by atoms with Crippen molar-refractivity contribution in [1.82, 2.24) is 0 Å². The minimum atomic E-state index is -2.51. The molecule has 0 atom stereocenters. The third-order valence-corrected chi connectivity index (χ3v) is 7.92. The average Bonchev–Trinajstić information content (AvgIpc) is 2.91. The van der Waals surface area contributed by atoms with Gasteiger partial charge in [-0.25, -0.2) is 0 Å². The van der Waals surface area contributed by atoms with E-state index in [1.165, 1.54) is 0 Å². The molecule has 0 spiro atoms. The molecule has 0 saturated heterocycles. The zero-order chi connectivity index (χ0) is 33.7. The van der Waals surface area contributed by atoms with Crippen molar-refractivity contribution in [3.63, 3.8) is 0 Å². The first-order valence-electron chi connectivity index (χ1n) is 15.1. The number of aromatic hydroxyl groups is 2. The molecule has 0 aromatic heterocycles. The van der Waals surface area contributed by atoms with Crippen molar-refractivity contribution in [2.75, 3.05) is 0 Å². The van der Waals surface area contributed by atoms with Crippen LogP contribution in [0, 0.1) is 27.8 Å². The average molecular weight is 846 g/mol. The van der Waals surface area contributed by atoms with Gasteiger partial charge in [-0.3, -0.25) is 0 Å². The summed E-state index contributed by atoms with van der Waals surface area (Å²) in [6.45, 7) is 19.9. The van der Waals surface area contributed by atoms with Gasteiger partial charge < -0.3 is 29.5 Å². The molecule has 0 amide bonds. The van der Waals surface area contributed by atoms with E-state index in [0.717, 1.165) is 16.7 Å². The van der Waals surface area contributed by atoms with Crippen molar-refractivity contribution < 1.29 is 61.8 Å². The minimum absolute atomic E-state index is 0.110. The summed E-state index contributed by atoms with van der Waals surface area (Å²) in [5.74, 6) is 0.133. The number of ether oxygens (including phenoxy) is 3. The van der Waals surface area contributed by atoms with Gasteiger partial charge in [0.1, 0.15) is 11.5 Å². The van der Waals surface area contributed by atoms with Crippen LogP contribution in [-0.4, -0.2) is 10.2 Å². The maximum atomic E-state index is 13.5. The van der Waals surface area contributed by atoms with Crippen molar-refractivity contribution in [2.24, 2.45) is 0 Å². The molecule has 45 heavy (non-hydrogen) atoms. The summed E-state index contributed by atoms with van der Waals surface area (Å²) in [5, 5.41) is 36.0. The summed E-state index contributed by atoms with van der Waals surface area (Å²) >= 11 is -2.51. The van der Waals surface area contributed by atoms with E-state index in [0.29, 0.717) is 33.4 Å². The second-order valence-electron chi connectivity index (χ2n) is 14.7. The molecular weight excluding hydrogens is 798 g/mol. The molecule has 2 N–H and O–H groups in total. The monoisotopic (exact) mass is 845 g/mol. The zero-order valence-electron chi connectivity index (χ0n) is 28.1. The molecule has 3 aromatic carbocycles. The second kappa shape index (κ2) is 15.0. The van der Waals surface area contributed by atoms with E-state index in [1.54, 1.807) is 0 Å². The fraction of sp³-hybridized carbons (Fsp3) is 0.500. The molecule has 0 aliphatic carbocycles. The first kappa shape index (κ1) is 37.1. The van der Waals surface area contributed by atoms with Gasteiger partial charge in [0, 0.05) is 22.3 Å². The Balaban J connectivity index is 0.00000177. The molecule has 1 aliphatic heterocycles. The van der Waals surface area contributed by atoms with Crippen LogP contribution in [0.5, 0.6) is 17.2 Å². The van der Waals surface area contributed by atoms with Gasteiger partial charge in [0.15, 0.2) is 0 Å². The van der Waals surface area contributed by atoms with Crippen LogP contribution in [0.4, 0.5) is 0 Å². The molecule has 1 heterocycles. The standard InChI is InChI=1S/C36H48O6.2O.U/c1-34(2,3)28-10-22-16-40-18-24-12-29(35(4,5)6)14-26(32(24)38)20-42-21-27-15-30(36(7,8)9)13-25(33(27)39)19-41-17-23(11-28)31(22)37;;;/h10-15,37-39H,16-21H2,1-9H3;;;/p-1. The summed E-state index contributed by atoms with van der Waals surface area (Å²) in [7, 11) is 0. The van der Waals surface area contributed by atoms with Gasteiger partial charge in [-0.1, -0.05) is 80.2 Å². The van der Waals surface area contributed by atoms with Crippen LogP contribution in [0.25, 0.3) is 0 Å². The fourth-order valence-electron chi connectivity index (χ4n) is 5.04. The number of hydrogen-bond donors (Lipinski definition) is 2. The van der Waals surface area contributed by atoms with E-state index in [-0.39, 0.29) is 73.1 Å². The summed E-state index contributed by atoms with van der Waals surface area (Å²) in [6.07, 6.45) is 0. The number of fused-ring (bicyclic) bond motifs is 6. The van der Waals surface area contributed by atoms with Crippen LogP contribution in [0.1, 0.15) is 112 Å². The van der Waals surface area contributed by atoms with Gasteiger partial charge in [-0.15, -0.1) is 0 Å².